The smallest absolute Gasteiger partial charge is 0.154 e. The first-order chi connectivity index (χ1) is 7.81. The first kappa shape index (κ1) is 10.4. The fourth-order valence-corrected chi connectivity index (χ4v) is 1.79. The van der Waals surface area contributed by atoms with Crippen molar-refractivity contribution >= 4 is 23.3 Å². The van der Waals surface area contributed by atoms with Crippen LogP contribution < -0.4 is 4.74 Å². The lowest BCUT2D eigenvalue weighted by Gasteiger charge is -2.09. The van der Waals surface area contributed by atoms with Crippen molar-refractivity contribution in [1.29, 1.82) is 0 Å². The highest BCUT2D eigenvalue weighted by Gasteiger charge is 2.12. The summed E-state index contributed by atoms with van der Waals surface area (Å²) in [7, 11) is 1.49. The van der Waals surface area contributed by atoms with Crippen molar-refractivity contribution in [1.82, 2.24) is 0 Å². The Kier molecular flexibility index (Phi) is 2.68. The van der Waals surface area contributed by atoms with Gasteiger partial charge in [-0.1, -0.05) is 24.3 Å². The van der Waals surface area contributed by atoms with Gasteiger partial charge < -0.3 is 4.74 Å². The number of ether oxygens (including phenoxy) is 1. The minimum atomic E-state index is 0.302. The molecular weight excluding hydrogens is 204 g/mol. The van der Waals surface area contributed by atoms with Crippen molar-refractivity contribution < 1.29 is 14.3 Å². The minimum Gasteiger partial charge on any atom is -0.495 e. The van der Waals surface area contributed by atoms with Gasteiger partial charge in [-0.2, -0.15) is 0 Å². The fraction of sp³-hybridized carbons (Fsp3) is 0.0769. The Labute approximate surface area is 92.6 Å². The average molecular weight is 214 g/mol. The maximum Gasteiger partial charge on any atom is 0.154 e. The number of aldehydes is 2. The Morgan fingerprint density at radius 1 is 1.12 bits per heavy atom. The molecular formula is C13H10O3. The van der Waals surface area contributed by atoms with Crippen LogP contribution in [0.5, 0.6) is 5.75 Å². The first-order valence-electron chi connectivity index (χ1n) is 4.82. The largest absolute Gasteiger partial charge is 0.495 e. The van der Waals surface area contributed by atoms with Crippen molar-refractivity contribution in [3.63, 3.8) is 0 Å². The van der Waals surface area contributed by atoms with E-state index in [-0.39, 0.29) is 0 Å². The molecule has 2 aromatic carbocycles. The molecule has 0 radical (unpaired) electrons. The zero-order valence-electron chi connectivity index (χ0n) is 8.77. The Balaban J connectivity index is 2.93. The SMILES string of the molecule is COc1c(C=O)c(C=O)cc2ccccc12. The second-order valence-electron chi connectivity index (χ2n) is 3.37. The van der Waals surface area contributed by atoms with Gasteiger partial charge in [0.15, 0.2) is 12.6 Å². The minimum absolute atomic E-state index is 0.302. The van der Waals surface area contributed by atoms with E-state index < -0.39 is 0 Å². The molecule has 0 aliphatic carbocycles. The van der Waals surface area contributed by atoms with Gasteiger partial charge >= 0.3 is 0 Å². The van der Waals surface area contributed by atoms with Crippen LogP contribution in [-0.4, -0.2) is 19.7 Å². The summed E-state index contributed by atoms with van der Waals surface area (Å²) in [5.41, 5.74) is 0.654. The van der Waals surface area contributed by atoms with Crippen molar-refractivity contribution in [2.45, 2.75) is 0 Å². The van der Waals surface area contributed by atoms with Crippen LogP contribution in [0.15, 0.2) is 30.3 Å². The van der Waals surface area contributed by atoms with Crippen molar-refractivity contribution in [2.75, 3.05) is 7.11 Å². The van der Waals surface area contributed by atoms with Gasteiger partial charge in [-0.15, -0.1) is 0 Å². The van der Waals surface area contributed by atoms with Crippen molar-refractivity contribution in [3.05, 3.63) is 41.5 Å². The van der Waals surface area contributed by atoms with Crippen LogP contribution in [0, 0.1) is 0 Å². The van der Waals surface area contributed by atoms with E-state index in [4.69, 9.17) is 4.74 Å². The van der Waals surface area contributed by atoms with Crippen LogP contribution in [0.3, 0.4) is 0 Å². The summed E-state index contributed by atoms with van der Waals surface area (Å²) in [5.74, 6) is 0.454. The Morgan fingerprint density at radius 3 is 2.50 bits per heavy atom. The number of carbonyl (C=O) groups is 2. The van der Waals surface area contributed by atoms with Gasteiger partial charge in [0.25, 0.3) is 0 Å². The monoisotopic (exact) mass is 214 g/mol. The second kappa shape index (κ2) is 4.14. The Bertz CT molecular complexity index is 558. The summed E-state index contributed by atoms with van der Waals surface area (Å²) >= 11 is 0. The number of carbonyl (C=O) groups excluding carboxylic acids is 2. The summed E-state index contributed by atoms with van der Waals surface area (Å²) in [4.78, 5) is 21.9. The van der Waals surface area contributed by atoms with Crippen LogP contribution in [0.25, 0.3) is 10.8 Å². The van der Waals surface area contributed by atoms with Gasteiger partial charge in [0.2, 0.25) is 0 Å². The first-order valence-corrected chi connectivity index (χ1v) is 4.82. The molecule has 0 saturated heterocycles. The van der Waals surface area contributed by atoms with E-state index >= 15 is 0 Å². The van der Waals surface area contributed by atoms with Gasteiger partial charge in [-0.25, -0.2) is 0 Å². The molecule has 0 aliphatic heterocycles. The number of rotatable bonds is 3. The van der Waals surface area contributed by atoms with Gasteiger partial charge in [0.05, 0.1) is 12.7 Å². The van der Waals surface area contributed by atoms with Gasteiger partial charge in [0, 0.05) is 10.9 Å². The van der Waals surface area contributed by atoms with Crippen molar-refractivity contribution in [3.8, 4) is 5.75 Å². The molecule has 0 amide bonds. The third-order valence-corrected chi connectivity index (χ3v) is 2.52. The van der Waals surface area contributed by atoms with Gasteiger partial charge in [-0.05, 0) is 11.5 Å². The normalized spacial score (nSPS) is 10.1. The Hall–Kier alpha value is -2.16. The van der Waals surface area contributed by atoms with E-state index in [9.17, 15) is 9.59 Å². The predicted octanol–water partition coefficient (Wildman–Crippen LogP) is 2.47. The lowest BCUT2D eigenvalue weighted by Crippen LogP contribution is -1.97. The molecule has 80 valence electrons. The maximum absolute atomic E-state index is 11.0. The van der Waals surface area contributed by atoms with E-state index in [0.29, 0.717) is 29.4 Å². The molecule has 3 nitrogen and oxygen atoms in total. The summed E-state index contributed by atoms with van der Waals surface area (Å²) < 4.78 is 5.20. The number of fused-ring (bicyclic) bond motifs is 1. The molecule has 0 saturated carbocycles. The van der Waals surface area contributed by atoms with Crippen LogP contribution in [0.1, 0.15) is 20.7 Å². The molecule has 2 aromatic rings. The molecule has 0 N–H and O–H groups in total. The van der Waals surface area contributed by atoms with Crippen molar-refractivity contribution in [2.24, 2.45) is 0 Å². The lowest BCUT2D eigenvalue weighted by molar-refractivity contribution is 0.109. The second-order valence-corrected chi connectivity index (χ2v) is 3.37. The molecule has 0 spiro atoms. The van der Waals surface area contributed by atoms with Gasteiger partial charge in [0.1, 0.15) is 5.75 Å². The van der Waals surface area contributed by atoms with E-state index in [1.54, 1.807) is 6.07 Å². The molecule has 0 heterocycles. The number of benzene rings is 2. The third-order valence-electron chi connectivity index (χ3n) is 2.52. The lowest BCUT2D eigenvalue weighted by atomic mass is 10.0. The molecule has 3 heteroatoms. The molecule has 0 unspecified atom stereocenters. The molecule has 0 aromatic heterocycles. The van der Waals surface area contributed by atoms with Crippen LogP contribution in [0.4, 0.5) is 0 Å². The molecule has 0 atom stereocenters. The summed E-state index contributed by atoms with van der Waals surface area (Å²) in [6.07, 6.45) is 1.31. The zero-order chi connectivity index (χ0) is 11.5. The molecule has 0 bridgehead atoms. The molecule has 0 aliphatic rings. The van der Waals surface area contributed by atoms with E-state index in [0.717, 1.165) is 10.8 Å². The molecule has 0 fully saturated rings. The quantitative estimate of drug-likeness (QED) is 0.737. The molecule has 16 heavy (non-hydrogen) atoms. The molecule has 2 rings (SSSR count). The number of methoxy groups -OCH3 is 1. The summed E-state index contributed by atoms with van der Waals surface area (Å²) in [6, 6.07) is 9.15. The number of hydrogen-bond donors (Lipinski definition) is 0. The Morgan fingerprint density at radius 2 is 1.88 bits per heavy atom. The van der Waals surface area contributed by atoms with E-state index in [2.05, 4.69) is 0 Å². The van der Waals surface area contributed by atoms with E-state index in [1.807, 2.05) is 24.3 Å². The maximum atomic E-state index is 11.0. The summed E-state index contributed by atoms with van der Waals surface area (Å²) in [6.45, 7) is 0. The van der Waals surface area contributed by atoms with E-state index in [1.165, 1.54) is 7.11 Å². The van der Waals surface area contributed by atoms with Gasteiger partial charge in [-0.3, -0.25) is 9.59 Å². The predicted molar refractivity (Wildman–Crippen MR) is 61.3 cm³/mol. The van der Waals surface area contributed by atoms with Crippen LogP contribution >= 0.6 is 0 Å². The highest BCUT2D eigenvalue weighted by atomic mass is 16.5. The highest BCUT2D eigenvalue weighted by Crippen LogP contribution is 2.30. The number of hydrogen-bond acceptors (Lipinski definition) is 3. The van der Waals surface area contributed by atoms with Crippen LogP contribution in [-0.2, 0) is 0 Å². The standard InChI is InChI=1S/C13H10O3/c1-16-13-11-5-3-2-4-9(11)6-10(7-14)12(13)8-15/h2-8H,1H3. The average Bonchev–Trinajstić information content (AvgIpc) is 2.36. The fourth-order valence-electron chi connectivity index (χ4n) is 1.79. The summed E-state index contributed by atoms with van der Waals surface area (Å²) in [5, 5.41) is 1.71. The van der Waals surface area contributed by atoms with Crippen LogP contribution in [0.2, 0.25) is 0 Å². The highest BCUT2D eigenvalue weighted by molar-refractivity contribution is 6.03. The third kappa shape index (κ3) is 1.46. The topological polar surface area (TPSA) is 43.4 Å². The zero-order valence-corrected chi connectivity index (χ0v) is 8.77.